The molecule has 2 aliphatic rings. The second kappa shape index (κ2) is 10.4. The molecular weight excluding hydrogens is 472 g/mol. The zero-order valence-corrected chi connectivity index (χ0v) is 22.6. The summed E-state index contributed by atoms with van der Waals surface area (Å²) >= 11 is 0. The zero-order chi connectivity index (χ0) is 26.2. The van der Waals surface area contributed by atoms with Crippen molar-refractivity contribution in [2.45, 2.75) is 57.6 Å². The molecule has 1 saturated carbocycles. The number of aromatic amines is 1. The largest absolute Gasteiger partial charge is 0.392 e. The molecule has 0 radical (unpaired) electrons. The normalized spacial score (nSPS) is 17.3. The van der Waals surface area contributed by atoms with Crippen LogP contribution in [0.2, 0.25) is 0 Å². The highest BCUT2D eigenvalue weighted by molar-refractivity contribution is 5.95. The maximum atomic E-state index is 9.79. The van der Waals surface area contributed by atoms with Gasteiger partial charge in [-0.15, -0.1) is 0 Å². The minimum atomic E-state index is -0.289. The van der Waals surface area contributed by atoms with Gasteiger partial charge in [0.1, 0.15) is 0 Å². The van der Waals surface area contributed by atoms with Crippen molar-refractivity contribution in [2.75, 3.05) is 36.9 Å². The number of likely N-dealkylation sites (N-methyl/N-ethyl adjacent to an activating group) is 1. The van der Waals surface area contributed by atoms with E-state index in [2.05, 4.69) is 75.5 Å². The standard InChI is InChI=1S/C31H38N6O/c1-20-17-33-31(35-30(20)28-18-32-29-7-5-4-6-27(28)29)34-24-14-23(22-8-9-22)15-26(16-24)37-12-10-25(11-13-37)36(3)19-21(2)38/h4-7,14-18,21-22,25,32,38H,8-13,19H2,1-3H3,(H,33,34,35). The van der Waals surface area contributed by atoms with Crippen LogP contribution in [0.3, 0.4) is 0 Å². The van der Waals surface area contributed by atoms with Crippen LogP contribution in [0.25, 0.3) is 22.2 Å². The third kappa shape index (κ3) is 5.26. The fraction of sp³-hybridized carbons (Fsp3) is 0.419. The average Bonchev–Trinajstić information content (AvgIpc) is 3.69. The summed E-state index contributed by atoms with van der Waals surface area (Å²) in [4.78, 5) is 17.8. The van der Waals surface area contributed by atoms with E-state index in [9.17, 15) is 5.11 Å². The molecule has 2 fully saturated rings. The predicted molar refractivity (Wildman–Crippen MR) is 155 cm³/mol. The molecule has 1 aliphatic carbocycles. The van der Waals surface area contributed by atoms with E-state index in [0.717, 1.165) is 60.5 Å². The number of nitrogens with zero attached hydrogens (tertiary/aromatic N) is 4. The van der Waals surface area contributed by atoms with Crippen LogP contribution >= 0.6 is 0 Å². The fourth-order valence-corrected chi connectivity index (χ4v) is 5.84. The van der Waals surface area contributed by atoms with Crippen LogP contribution in [0.5, 0.6) is 0 Å². The Morgan fingerprint density at radius 1 is 1.13 bits per heavy atom. The highest BCUT2D eigenvalue weighted by atomic mass is 16.3. The van der Waals surface area contributed by atoms with Crippen LogP contribution in [-0.2, 0) is 0 Å². The number of H-pyrrole nitrogens is 1. The zero-order valence-electron chi connectivity index (χ0n) is 22.6. The summed E-state index contributed by atoms with van der Waals surface area (Å²) in [6, 6.07) is 15.8. The fourth-order valence-electron chi connectivity index (χ4n) is 5.84. The molecule has 1 saturated heterocycles. The second-order valence-corrected chi connectivity index (χ2v) is 11.2. The van der Waals surface area contributed by atoms with Gasteiger partial charge in [0, 0.05) is 65.9 Å². The summed E-state index contributed by atoms with van der Waals surface area (Å²) in [5.41, 5.74) is 7.93. The first-order valence-electron chi connectivity index (χ1n) is 13.9. The maximum Gasteiger partial charge on any atom is 0.227 e. The number of anilines is 3. The number of aliphatic hydroxyl groups excluding tert-OH is 1. The molecule has 38 heavy (non-hydrogen) atoms. The Morgan fingerprint density at radius 2 is 1.92 bits per heavy atom. The highest BCUT2D eigenvalue weighted by Gasteiger charge is 2.27. The number of rotatable bonds is 8. The maximum absolute atomic E-state index is 9.79. The lowest BCUT2D eigenvalue weighted by Gasteiger charge is -2.38. The number of aliphatic hydroxyl groups is 1. The Hall–Kier alpha value is -3.42. The minimum absolute atomic E-state index is 0.289. The molecule has 0 amide bonds. The van der Waals surface area contributed by atoms with E-state index in [1.807, 2.05) is 25.4 Å². The molecule has 6 rings (SSSR count). The van der Waals surface area contributed by atoms with E-state index in [1.54, 1.807) is 0 Å². The van der Waals surface area contributed by atoms with Crippen LogP contribution < -0.4 is 10.2 Å². The van der Waals surface area contributed by atoms with Gasteiger partial charge in [0.25, 0.3) is 0 Å². The lowest BCUT2D eigenvalue weighted by atomic mass is 10.0. The van der Waals surface area contributed by atoms with Crippen molar-refractivity contribution in [3.63, 3.8) is 0 Å². The minimum Gasteiger partial charge on any atom is -0.392 e. The molecule has 0 bridgehead atoms. The Balaban J connectivity index is 1.24. The van der Waals surface area contributed by atoms with Crippen LogP contribution in [0.15, 0.2) is 54.9 Å². The van der Waals surface area contributed by atoms with Crippen molar-refractivity contribution in [3.8, 4) is 11.3 Å². The van der Waals surface area contributed by atoms with Crippen LogP contribution in [-0.4, -0.2) is 63.8 Å². The van der Waals surface area contributed by atoms with Crippen LogP contribution in [0, 0.1) is 6.92 Å². The number of fused-ring (bicyclic) bond motifs is 1. The number of hydrogen-bond donors (Lipinski definition) is 3. The number of para-hydroxylation sites is 1. The molecule has 2 aromatic heterocycles. The van der Waals surface area contributed by atoms with Crippen LogP contribution in [0.1, 0.15) is 49.7 Å². The summed E-state index contributed by atoms with van der Waals surface area (Å²) in [5.74, 6) is 1.28. The van der Waals surface area contributed by atoms with E-state index < -0.39 is 0 Å². The number of aryl methyl sites for hydroxylation is 1. The highest BCUT2D eigenvalue weighted by Crippen LogP contribution is 2.43. The number of nitrogens with one attached hydrogen (secondary N) is 2. The average molecular weight is 511 g/mol. The van der Waals surface area contributed by atoms with Gasteiger partial charge in [-0.25, -0.2) is 9.97 Å². The molecule has 7 nitrogen and oxygen atoms in total. The van der Waals surface area contributed by atoms with Crippen molar-refractivity contribution in [3.05, 3.63) is 66.0 Å². The summed E-state index contributed by atoms with van der Waals surface area (Å²) in [5, 5.41) is 14.5. The van der Waals surface area contributed by atoms with Gasteiger partial charge in [-0.3, -0.25) is 0 Å². The molecule has 0 spiro atoms. The van der Waals surface area contributed by atoms with Gasteiger partial charge in [0.2, 0.25) is 5.95 Å². The predicted octanol–water partition coefficient (Wildman–Crippen LogP) is 5.84. The summed E-state index contributed by atoms with van der Waals surface area (Å²) in [6.45, 7) is 6.70. The van der Waals surface area contributed by atoms with E-state index in [-0.39, 0.29) is 6.10 Å². The van der Waals surface area contributed by atoms with E-state index in [0.29, 0.717) is 17.9 Å². The molecule has 198 valence electrons. The Morgan fingerprint density at radius 3 is 2.68 bits per heavy atom. The number of aromatic nitrogens is 3. The molecule has 1 aliphatic heterocycles. The number of hydrogen-bond acceptors (Lipinski definition) is 6. The Labute approximate surface area is 224 Å². The van der Waals surface area contributed by atoms with E-state index in [4.69, 9.17) is 4.98 Å². The monoisotopic (exact) mass is 510 g/mol. The first-order valence-corrected chi connectivity index (χ1v) is 13.9. The summed E-state index contributed by atoms with van der Waals surface area (Å²) < 4.78 is 0. The van der Waals surface area contributed by atoms with Gasteiger partial charge in [-0.1, -0.05) is 18.2 Å². The van der Waals surface area contributed by atoms with Gasteiger partial charge >= 0.3 is 0 Å². The van der Waals surface area contributed by atoms with Gasteiger partial charge in [0.05, 0.1) is 11.8 Å². The van der Waals surface area contributed by atoms with Crippen molar-refractivity contribution in [1.82, 2.24) is 19.9 Å². The molecule has 4 aromatic rings. The van der Waals surface area contributed by atoms with E-state index >= 15 is 0 Å². The molecule has 1 unspecified atom stereocenters. The molecule has 7 heteroatoms. The first-order chi connectivity index (χ1) is 18.4. The quantitative estimate of drug-likeness (QED) is 0.277. The molecular formula is C31H38N6O. The topological polar surface area (TPSA) is 80.3 Å². The Kier molecular flexibility index (Phi) is 6.80. The SMILES string of the molecule is Cc1cnc(Nc2cc(C3CC3)cc(N3CCC(N(C)CC(C)O)CC3)c2)nc1-c1c[nH]c2ccccc12. The summed E-state index contributed by atoms with van der Waals surface area (Å²) in [7, 11) is 2.13. The molecule has 3 N–H and O–H groups in total. The number of piperidine rings is 1. The second-order valence-electron chi connectivity index (χ2n) is 11.2. The third-order valence-electron chi connectivity index (χ3n) is 8.07. The van der Waals surface area contributed by atoms with Gasteiger partial charge < -0.3 is 25.2 Å². The number of benzene rings is 2. The molecule has 3 heterocycles. The van der Waals surface area contributed by atoms with Gasteiger partial charge in [0.15, 0.2) is 0 Å². The third-order valence-corrected chi connectivity index (χ3v) is 8.07. The molecule has 1 atom stereocenters. The van der Waals surface area contributed by atoms with Crippen molar-refractivity contribution in [1.29, 1.82) is 0 Å². The summed E-state index contributed by atoms with van der Waals surface area (Å²) in [6.07, 6.45) is 8.40. The van der Waals surface area contributed by atoms with Crippen LogP contribution in [0.4, 0.5) is 17.3 Å². The van der Waals surface area contributed by atoms with Crippen molar-refractivity contribution >= 4 is 28.2 Å². The van der Waals surface area contributed by atoms with Gasteiger partial charge in [-0.05, 0) is 87.9 Å². The first kappa shape index (κ1) is 24.9. The molecule has 2 aromatic carbocycles. The van der Waals surface area contributed by atoms with Crippen molar-refractivity contribution < 1.29 is 5.11 Å². The smallest absolute Gasteiger partial charge is 0.227 e. The van der Waals surface area contributed by atoms with E-state index in [1.165, 1.54) is 29.5 Å². The Bertz CT molecular complexity index is 1420. The lowest BCUT2D eigenvalue weighted by molar-refractivity contribution is 0.108. The van der Waals surface area contributed by atoms with Gasteiger partial charge in [-0.2, -0.15) is 0 Å². The lowest BCUT2D eigenvalue weighted by Crippen LogP contribution is -2.45. The van der Waals surface area contributed by atoms with Crippen molar-refractivity contribution in [2.24, 2.45) is 0 Å².